The average molecular weight is 383 g/mol. The van der Waals surface area contributed by atoms with Crippen LogP contribution in [0.4, 0.5) is 16.2 Å². The molecule has 2 amide bonds. The van der Waals surface area contributed by atoms with E-state index in [1.165, 1.54) is 0 Å². The van der Waals surface area contributed by atoms with E-state index in [0.29, 0.717) is 24.9 Å². The maximum atomic E-state index is 12.2. The molecule has 2 heterocycles. The highest BCUT2D eigenvalue weighted by Gasteiger charge is 2.12. The highest BCUT2D eigenvalue weighted by Crippen LogP contribution is 2.14. The summed E-state index contributed by atoms with van der Waals surface area (Å²) in [6.07, 6.45) is 1.98. The van der Waals surface area contributed by atoms with E-state index in [1.54, 1.807) is 13.3 Å². The van der Waals surface area contributed by atoms with E-state index >= 15 is 0 Å². The molecule has 0 unspecified atom stereocenters. The van der Waals surface area contributed by atoms with Crippen molar-refractivity contribution in [3.8, 4) is 0 Å². The summed E-state index contributed by atoms with van der Waals surface area (Å²) in [6, 6.07) is 11.2. The summed E-state index contributed by atoms with van der Waals surface area (Å²) in [5.41, 5.74) is 3.39. The zero-order chi connectivity index (χ0) is 19.8. The van der Waals surface area contributed by atoms with Crippen LogP contribution in [0.2, 0.25) is 0 Å². The lowest BCUT2D eigenvalue weighted by atomic mass is 10.2. The molecular weight excluding hydrogens is 358 g/mol. The molecule has 1 aliphatic heterocycles. The van der Waals surface area contributed by atoms with Crippen LogP contribution in [0.15, 0.2) is 47.6 Å². The first-order valence-corrected chi connectivity index (χ1v) is 9.15. The van der Waals surface area contributed by atoms with Crippen LogP contribution in [0.1, 0.15) is 11.3 Å². The number of aliphatic imine (C=N–C) groups is 1. The monoisotopic (exact) mass is 383 g/mol. The Bertz CT molecular complexity index is 823. The Hall–Kier alpha value is -3.13. The number of amides is 2. The molecule has 1 aromatic carbocycles. The number of hydrogen-bond acceptors (Lipinski definition) is 6. The normalized spacial score (nSPS) is 14.9. The molecule has 0 bridgehead atoms. The largest absolute Gasteiger partial charge is 0.454 e. The highest BCUT2D eigenvalue weighted by molar-refractivity contribution is 5.99. The number of aromatic nitrogens is 1. The number of hydrogen-bond donors (Lipinski definition) is 2. The average Bonchev–Trinajstić information content (AvgIpc) is 2.66. The SMILES string of the molecule is COC1=NCCN(Cc2cccc(NC(=O)Nc3ccc(C)nc3)c2)CCO1. The first-order chi connectivity index (χ1) is 13.6. The van der Waals surface area contributed by atoms with Crippen molar-refractivity contribution in [1.29, 1.82) is 0 Å². The van der Waals surface area contributed by atoms with Gasteiger partial charge in [-0.1, -0.05) is 12.1 Å². The molecule has 0 radical (unpaired) electrons. The van der Waals surface area contributed by atoms with Gasteiger partial charge in [0.25, 0.3) is 0 Å². The Kier molecular flexibility index (Phi) is 6.80. The molecule has 0 aliphatic carbocycles. The van der Waals surface area contributed by atoms with Crippen LogP contribution in [-0.4, -0.2) is 55.3 Å². The Balaban J connectivity index is 1.55. The van der Waals surface area contributed by atoms with Gasteiger partial charge in [-0.3, -0.25) is 9.88 Å². The quantitative estimate of drug-likeness (QED) is 0.848. The van der Waals surface area contributed by atoms with Crippen molar-refractivity contribution in [3.63, 3.8) is 0 Å². The fourth-order valence-electron chi connectivity index (χ4n) is 2.82. The molecule has 28 heavy (non-hydrogen) atoms. The Morgan fingerprint density at radius 2 is 2.07 bits per heavy atom. The summed E-state index contributed by atoms with van der Waals surface area (Å²) in [5, 5.41) is 5.64. The van der Waals surface area contributed by atoms with E-state index in [-0.39, 0.29) is 6.03 Å². The minimum absolute atomic E-state index is 0.302. The number of carbonyl (C=O) groups excluding carboxylic acids is 1. The van der Waals surface area contributed by atoms with Crippen LogP contribution in [0.5, 0.6) is 0 Å². The van der Waals surface area contributed by atoms with Gasteiger partial charge in [0.2, 0.25) is 0 Å². The number of carbonyl (C=O) groups is 1. The maximum Gasteiger partial charge on any atom is 0.383 e. The van der Waals surface area contributed by atoms with E-state index in [2.05, 4.69) is 25.5 Å². The topological polar surface area (TPSA) is 88.1 Å². The van der Waals surface area contributed by atoms with Crippen molar-refractivity contribution >= 4 is 23.5 Å². The Morgan fingerprint density at radius 3 is 2.86 bits per heavy atom. The van der Waals surface area contributed by atoms with Crippen LogP contribution in [0, 0.1) is 6.92 Å². The molecule has 3 rings (SSSR count). The minimum Gasteiger partial charge on any atom is -0.454 e. The Labute approximate surface area is 164 Å². The van der Waals surface area contributed by atoms with E-state index in [4.69, 9.17) is 9.47 Å². The van der Waals surface area contributed by atoms with Crippen molar-refractivity contribution in [2.24, 2.45) is 4.99 Å². The molecule has 8 nitrogen and oxygen atoms in total. The molecule has 148 valence electrons. The van der Waals surface area contributed by atoms with Crippen LogP contribution >= 0.6 is 0 Å². The second kappa shape index (κ2) is 9.70. The Morgan fingerprint density at radius 1 is 1.21 bits per heavy atom. The van der Waals surface area contributed by atoms with E-state index < -0.39 is 0 Å². The zero-order valence-corrected chi connectivity index (χ0v) is 16.1. The number of methoxy groups -OCH3 is 1. The summed E-state index contributed by atoms with van der Waals surface area (Å²) >= 11 is 0. The van der Waals surface area contributed by atoms with Gasteiger partial charge in [-0.2, -0.15) is 0 Å². The lowest BCUT2D eigenvalue weighted by molar-refractivity contribution is 0.144. The van der Waals surface area contributed by atoms with Gasteiger partial charge in [-0.05, 0) is 36.8 Å². The molecule has 0 atom stereocenters. The molecule has 0 saturated heterocycles. The molecular formula is C20H25N5O3. The standard InChI is InChI=1S/C20H25N5O3/c1-15-6-7-18(13-22-15)24-19(26)23-17-5-3-4-16(12-17)14-25-9-8-21-20(27-2)28-11-10-25/h3-7,12-13H,8-11,14H2,1-2H3,(H2,23,24,26). The van der Waals surface area contributed by atoms with Gasteiger partial charge >= 0.3 is 12.1 Å². The predicted octanol–water partition coefficient (Wildman–Crippen LogP) is 2.87. The van der Waals surface area contributed by atoms with Crippen molar-refractivity contribution < 1.29 is 14.3 Å². The third-order valence-corrected chi connectivity index (χ3v) is 4.23. The molecule has 0 spiro atoms. The maximum absolute atomic E-state index is 12.2. The van der Waals surface area contributed by atoms with E-state index in [0.717, 1.165) is 36.6 Å². The highest BCUT2D eigenvalue weighted by atomic mass is 16.7. The molecule has 2 N–H and O–H groups in total. The van der Waals surface area contributed by atoms with Crippen LogP contribution < -0.4 is 10.6 Å². The molecule has 1 aromatic heterocycles. The van der Waals surface area contributed by atoms with E-state index in [9.17, 15) is 4.79 Å². The van der Waals surface area contributed by atoms with Crippen molar-refractivity contribution in [2.75, 3.05) is 44.0 Å². The van der Waals surface area contributed by atoms with Crippen molar-refractivity contribution in [2.45, 2.75) is 13.5 Å². The molecule has 2 aromatic rings. The van der Waals surface area contributed by atoms with Gasteiger partial charge in [-0.25, -0.2) is 9.79 Å². The summed E-state index contributed by atoms with van der Waals surface area (Å²) in [7, 11) is 1.56. The number of urea groups is 1. The molecule has 8 heteroatoms. The molecule has 1 aliphatic rings. The van der Waals surface area contributed by atoms with Gasteiger partial charge in [0, 0.05) is 31.0 Å². The van der Waals surface area contributed by atoms with E-state index in [1.807, 2.05) is 43.3 Å². The number of nitrogens with zero attached hydrogens (tertiary/aromatic N) is 3. The summed E-state index contributed by atoms with van der Waals surface area (Å²) in [6.45, 7) is 5.39. The molecule has 0 saturated carbocycles. The van der Waals surface area contributed by atoms with Crippen LogP contribution in [-0.2, 0) is 16.0 Å². The second-order valence-corrected chi connectivity index (χ2v) is 6.44. The summed E-state index contributed by atoms with van der Waals surface area (Å²) in [4.78, 5) is 22.9. The number of benzene rings is 1. The fourth-order valence-corrected chi connectivity index (χ4v) is 2.82. The lowest BCUT2D eigenvalue weighted by Crippen LogP contribution is -2.33. The summed E-state index contributed by atoms with van der Waals surface area (Å²) in [5.74, 6) is 0. The van der Waals surface area contributed by atoms with Gasteiger partial charge in [0.1, 0.15) is 6.61 Å². The van der Waals surface area contributed by atoms with Crippen LogP contribution in [0.25, 0.3) is 0 Å². The van der Waals surface area contributed by atoms with Gasteiger partial charge < -0.3 is 20.1 Å². The summed E-state index contributed by atoms with van der Waals surface area (Å²) < 4.78 is 10.5. The van der Waals surface area contributed by atoms with Crippen molar-refractivity contribution in [1.82, 2.24) is 9.88 Å². The van der Waals surface area contributed by atoms with Gasteiger partial charge in [0.15, 0.2) is 0 Å². The third-order valence-electron chi connectivity index (χ3n) is 4.23. The van der Waals surface area contributed by atoms with Crippen LogP contribution in [0.3, 0.4) is 0 Å². The van der Waals surface area contributed by atoms with Crippen molar-refractivity contribution in [3.05, 3.63) is 53.9 Å². The third kappa shape index (κ3) is 5.95. The predicted molar refractivity (Wildman–Crippen MR) is 109 cm³/mol. The minimum atomic E-state index is -0.302. The lowest BCUT2D eigenvalue weighted by Gasteiger charge is -2.24. The first kappa shape index (κ1) is 19.6. The number of aryl methyl sites for hydroxylation is 1. The second-order valence-electron chi connectivity index (χ2n) is 6.44. The fraction of sp³-hybridized carbons (Fsp3) is 0.350. The van der Waals surface area contributed by atoms with Gasteiger partial charge in [0.05, 0.1) is 25.5 Å². The smallest absolute Gasteiger partial charge is 0.383 e. The molecule has 0 fully saturated rings. The first-order valence-electron chi connectivity index (χ1n) is 9.15. The number of nitrogens with one attached hydrogen (secondary N) is 2. The van der Waals surface area contributed by atoms with Gasteiger partial charge in [-0.15, -0.1) is 0 Å². The number of pyridine rings is 1. The number of anilines is 2. The number of rotatable bonds is 4. The number of ether oxygens (including phenoxy) is 2. The zero-order valence-electron chi connectivity index (χ0n) is 16.1.